The molecule has 1 rings (SSSR count). The van der Waals surface area contributed by atoms with Crippen molar-refractivity contribution in [2.45, 2.75) is 25.6 Å². The monoisotopic (exact) mass is 353 g/mol. The van der Waals surface area contributed by atoms with Crippen molar-refractivity contribution >= 4 is 21.8 Å². The van der Waals surface area contributed by atoms with E-state index in [9.17, 15) is 18.0 Å². The van der Waals surface area contributed by atoms with E-state index >= 15 is 0 Å². The second-order valence-electron chi connectivity index (χ2n) is 4.55. The molecule has 3 nitrogen and oxygen atoms in total. The number of benzene rings is 1. The summed E-state index contributed by atoms with van der Waals surface area (Å²) in [5, 5.41) is 9.15. The number of alkyl halides is 3. The number of aliphatic hydroxyl groups is 1. The molecule has 20 heavy (non-hydrogen) atoms. The van der Waals surface area contributed by atoms with Crippen molar-refractivity contribution in [1.82, 2.24) is 4.90 Å². The number of carbonyl (C=O) groups is 1. The Labute approximate surface area is 123 Å². The van der Waals surface area contributed by atoms with Crippen molar-refractivity contribution in [3.63, 3.8) is 0 Å². The average Bonchev–Trinajstić information content (AvgIpc) is 2.33. The molecule has 0 aliphatic heterocycles. The van der Waals surface area contributed by atoms with Crippen LogP contribution in [0.25, 0.3) is 0 Å². The molecule has 1 atom stereocenters. The van der Waals surface area contributed by atoms with Gasteiger partial charge in [0.2, 0.25) is 0 Å². The molecule has 7 heteroatoms. The molecule has 0 heterocycles. The normalized spacial score (nSPS) is 13.2. The summed E-state index contributed by atoms with van der Waals surface area (Å²) in [7, 11) is 1.41. The van der Waals surface area contributed by atoms with E-state index < -0.39 is 29.3 Å². The molecule has 1 amide bonds. The van der Waals surface area contributed by atoms with Crippen LogP contribution in [0.2, 0.25) is 0 Å². The largest absolute Gasteiger partial charge is 0.417 e. The molecule has 0 fully saturated rings. The molecule has 1 aromatic carbocycles. The Kier molecular flexibility index (Phi) is 5.59. The van der Waals surface area contributed by atoms with E-state index in [2.05, 4.69) is 15.9 Å². The van der Waals surface area contributed by atoms with Gasteiger partial charge in [-0.15, -0.1) is 0 Å². The summed E-state index contributed by atoms with van der Waals surface area (Å²) in [6.45, 7) is 1.74. The van der Waals surface area contributed by atoms with Gasteiger partial charge in [0.05, 0.1) is 17.2 Å². The van der Waals surface area contributed by atoms with E-state index in [1.54, 1.807) is 6.92 Å². The SMILES string of the molecule is CC(O)CCN(C)C(=O)c1ccc(Br)cc1C(F)(F)F. The van der Waals surface area contributed by atoms with Gasteiger partial charge in [-0.2, -0.15) is 13.2 Å². The Bertz CT molecular complexity index is 489. The van der Waals surface area contributed by atoms with Crippen LogP contribution in [0.3, 0.4) is 0 Å². The first-order valence-corrected chi connectivity index (χ1v) is 6.72. The second kappa shape index (κ2) is 6.58. The van der Waals surface area contributed by atoms with Crippen LogP contribution in [0.1, 0.15) is 29.3 Å². The fraction of sp³-hybridized carbons (Fsp3) is 0.462. The van der Waals surface area contributed by atoms with Gasteiger partial charge in [-0.25, -0.2) is 0 Å². The van der Waals surface area contributed by atoms with Crippen LogP contribution in [0.15, 0.2) is 22.7 Å². The molecule has 0 aliphatic rings. The van der Waals surface area contributed by atoms with Gasteiger partial charge in [0, 0.05) is 18.1 Å². The molecule has 0 spiro atoms. The maximum Gasteiger partial charge on any atom is 0.417 e. The quantitative estimate of drug-likeness (QED) is 0.901. The highest BCUT2D eigenvalue weighted by Crippen LogP contribution is 2.34. The van der Waals surface area contributed by atoms with Crippen molar-refractivity contribution in [2.24, 2.45) is 0 Å². The predicted molar refractivity (Wildman–Crippen MR) is 72.4 cm³/mol. The minimum atomic E-state index is -4.60. The number of hydrogen-bond acceptors (Lipinski definition) is 2. The third kappa shape index (κ3) is 4.49. The lowest BCUT2D eigenvalue weighted by atomic mass is 10.1. The number of amides is 1. The Hall–Kier alpha value is -1.08. The Morgan fingerprint density at radius 2 is 2.05 bits per heavy atom. The first-order valence-electron chi connectivity index (χ1n) is 5.93. The molecule has 0 aromatic heterocycles. The van der Waals surface area contributed by atoms with Crippen LogP contribution >= 0.6 is 15.9 Å². The summed E-state index contributed by atoms with van der Waals surface area (Å²) in [6, 6.07) is 3.43. The number of aliphatic hydroxyl groups excluding tert-OH is 1. The number of hydrogen-bond donors (Lipinski definition) is 1. The minimum Gasteiger partial charge on any atom is -0.393 e. The first kappa shape index (κ1) is 17.0. The van der Waals surface area contributed by atoms with Crippen LogP contribution in [0.5, 0.6) is 0 Å². The van der Waals surface area contributed by atoms with Crippen molar-refractivity contribution in [2.75, 3.05) is 13.6 Å². The smallest absolute Gasteiger partial charge is 0.393 e. The molecule has 0 saturated carbocycles. The maximum absolute atomic E-state index is 12.9. The summed E-state index contributed by atoms with van der Waals surface area (Å²) in [4.78, 5) is 13.2. The van der Waals surface area contributed by atoms with E-state index in [0.717, 1.165) is 12.1 Å². The molecule has 0 radical (unpaired) electrons. The summed E-state index contributed by atoms with van der Waals surface area (Å²) < 4.78 is 39.1. The van der Waals surface area contributed by atoms with E-state index in [1.807, 2.05) is 0 Å². The minimum absolute atomic E-state index is 0.184. The fourth-order valence-electron chi connectivity index (χ4n) is 1.63. The zero-order valence-corrected chi connectivity index (χ0v) is 12.6. The third-order valence-electron chi connectivity index (χ3n) is 2.75. The summed E-state index contributed by atoms with van der Waals surface area (Å²) in [5.41, 5.74) is -1.37. The highest BCUT2D eigenvalue weighted by Gasteiger charge is 2.36. The van der Waals surface area contributed by atoms with Crippen LogP contribution in [-0.2, 0) is 6.18 Å². The maximum atomic E-state index is 12.9. The highest BCUT2D eigenvalue weighted by molar-refractivity contribution is 9.10. The Morgan fingerprint density at radius 1 is 1.45 bits per heavy atom. The zero-order chi connectivity index (χ0) is 15.5. The van der Waals surface area contributed by atoms with E-state index in [0.29, 0.717) is 6.42 Å². The molecular formula is C13H15BrF3NO2. The summed E-state index contributed by atoms with van der Waals surface area (Å²) in [5.74, 6) is -0.717. The fourth-order valence-corrected chi connectivity index (χ4v) is 1.99. The summed E-state index contributed by atoms with van der Waals surface area (Å²) in [6.07, 6.45) is -4.91. The molecule has 1 unspecified atom stereocenters. The number of nitrogens with zero attached hydrogens (tertiary/aromatic N) is 1. The number of carbonyl (C=O) groups excluding carboxylic acids is 1. The van der Waals surface area contributed by atoms with E-state index in [4.69, 9.17) is 5.11 Å². The average molecular weight is 354 g/mol. The van der Waals surface area contributed by atoms with Gasteiger partial charge >= 0.3 is 6.18 Å². The standard InChI is InChI=1S/C13H15BrF3NO2/c1-8(19)5-6-18(2)12(20)10-4-3-9(14)7-11(10)13(15,16)17/h3-4,7-8,19H,5-6H2,1-2H3. The molecule has 1 aromatic rings. The van der Waals surface area contributed by atoms with Gasteiger partial charge in [0.25, 0.3) is 5.91 Å². The first-order chi connectivity index (χ1) is 9.12. The third-order valence-corrected chi connectivity index (χ3v) is 3.24. The van der Waals surface area contributed by atoms with Gasteiger partial charge < -0.3 is 10.0 Å². The van der Waals surface area contributed by atoms with Gasteiger partial charge in [-0.05, 0) is 31.5 Å². The second-order valence-corrected chi connectivity index (χ2v) is 5.47. The lowest BCUT2D eigenvalue weighted by Gasteiger charge is -2.20. The lowest BCUT2D eigenvalue weighted by molar-refractivity contribution is -0.138. The van der Waals surface area contributed by atoms with Crippen LogP contribution in [0, 0.1) is 0 Å². The van der Waals surface area contributed by atoms with E-state index in [1.165, 1.54) is 18.0 Å². The van der Waals surface area contributed by atoms with Crippen LogP contribution < -0.4 is 0 Å². The topological polar surface area (TPSA) is 40.5 Å². The van der Waals surface area contributed by atoms with Gasteiger partial charge in [0.1, 0.15) is 0 Å². The zero-order valence-electron chi connectivity index (χ0n) is 11.0. The van der Waals surface area contributed by atoms with E-state index in [-0.39, 0.29) is 11.0 Å². The van der Waals surface area contributed by atoms with Crippen molar-refractivity contribution in [3.05, 3.63) is 33.8 Å². The molecule has 0 aliphatic carbocycles. The summed E-state index contributed by atoms with van der Waals surface area (Å²) >= 11 is 2.97. The Morgan fingerprint density at radius 3 is 2.55 bits per heavy atom. The molecule has 1 N–H and O–H groups in total. The van der Waals surface area contributed by atoms with Crippen LogP contribution in [0.4, 0.5) is 13.2 Å². The van der Waals surface area contributed by atoms with Crippen molar-refractivity contribution < 1.29 is 23.1 Å². The molecule has 0 bridgehead atoms. The van der Waals surface area contributed by atoms with Crippen molar-refractivity contribution in [3.8, 4) is 0 Å². The predicted octanol–water partition coefficient (Wildman–Crippen LogP) is 3.31. The highest BCUT2D eigenvalue weighted by atomic mass is 79.9. The molecule has 112 valence electrons. The van der Waals surface area contributed by atoms with Gasteiger partial charge in [-0.1, -0.05) is 15.9 Å². The number of rotatable bonds is 4. The molecule has 0 saturated heterocycles. The van der Waals surface area contributed by atoms with Gasteiger partial charge in [-0.3, -0.25) is 4.79 Å². The van der Waals surface area contributed by atoms with Crippen LogP contribution in [-0.4, -0.2) is 35.6 Å². The lowest BCUT2D eigenvalue weighted by Crippen LogP contribution is -2.31. The molecular weight excluding hydrogens is 339 g/mol. The van der Waals surface area contributed by atoms with Crippen molar-refractivity contribution in [1.29, 1.82) is 0 Å². The Balaban J connectivity index is 3.04. The number of halogens is 4. The van der Waals surface area contributed by atoms with Gasteiger partial charge in [0.15, 0.2) is 0 Å².